The van der Waals surface area contributed by atoms with Crippen molar-refractivity contribution in [3.05, 3.63) is 46.1 Å². The number of rotatable bonds is 0. The Hall–Kier alpha value is -1.68. The number of fused-ring (bicyclic) bond motifs is 2. The minimum Gasteiger partial charge on any atom is -0.512 e. The summed E-state index contributed by atoms with van der Waals surface area (Å²) in [5.74, 6) is 1.69. The summed E-state index contributed by atoms with van der Waals surface area (Å²) in [7, 11) is 0. The summed E-state index contributed by atoms with van der Waals surface area (Å²) in [6, 6.07) is 0. The zero-order valence-electron chi connectivity index (χ0n) is 10.7. The van der Waals surface area contributed by atoms with Crippen LogP contribution in [-0.4, -0.2) is 28.9 Å². The first-order valence-corrected chi connectivity index (χ1v) is 6.84. The van der Waals surface area contributed by atoms with E-state index in [1.807, 2.05) is 6.08 Å². The molecule has 0 aromatic carbocycles. The van der Waals surface area contributed by atoms with E-state index in [2.05, 4.69) is 5.32 Å². The summed E-state index contributed by atoms with van der Waals surface area (Å²) in [5.41, 5.74) is 3.35. The topological polar surface area (TPSA) is 61.7 Å². The van der Waals surface area contributed by atoms with Gasteiger partial charge in [0.15, 0.2) is 5.60 Å². The lowest BCUT2D eigenvalue weighted by Crippen LogP contribution is -2.63. The number of hydrogen-bond acceptors (Lipinski definition) is 4. The maximum Gasteiger partial charge on any atom is 0.159 e. The fourth-order valence-electron chi connectivity index (χ4n) is 3.39. The van der Waals surface area contributed by atoms with Crippen molar-refractivity contribution < 1.29 is 14.9 Å². The molecule has 0 aromatic rings. The molecule has 4 nitrogen and oxygen atoms in total. The second-order valence-electron chi connectivity index (χ2n) is 5.71. The van der Waals surface area contributed by atoms with Crippen LogP contribution in [0.25, 0.3) is 0 Å². The first-order chi connectivity index (χ1) is 9.18. The van der Waals surface area contributed by atoms with Crippen LogP contribution in [0.3, 0.4) is 0 Å². The number of ether oxygens (including phenoxy) is 1. The summed E-state index contributed by atoms with van der Waals surface area (Å²) in [6.07, 6.45) is 6.74. The van der Waals surface area contributed by atoms with Crippen molar-refractivity contribution in [2.24, 2.45) is 0 Å². The van der Waals surface area contributed by atoms with Crippen LogP contribution in [0.1, 0.15) is 25.7 Å². The minimum absolute atomic E-state index is 0.337. The Bertz CT molecular complexity index is 576. The lowest BCUT2D eigenvalue weighted by Gasteiger charge is -2.49. The van der Waals surface area contributed by atoms with Crippen LogP contribution in [0, 0.1) is 0 Å². The predicted octanol–water partition coefficient (Wildman–Crippen LogP) is 2.38. The van der Waals surface area contributed by atoms with E-state index in [0.717, 1.165) is 37.3 Å². The van der Waals surface area contributed by atoms with Gasteiger partial charge in [0.25, 0.3) is 0 Å². The first kappa shape index (κ1) is 11.2. The minimum atomic E-state index is -0.337. The Balaban J connectivity index is 1.88. The third-order valence-electron chi connectivity index (χ3n) is 4.48. The van der Waals surface area contributed by atoms with Crippen LogP contribution in [0.4, 0.5) is 0 Å². The van der Waals surface area contributed by atoms with E-state index in [9.17, 15) is 10.2 Å². The molecule has 0 radical (unpaired) electrons. The molecular formula is C15H17NO3. The summed E-state index contributed by atoms with van der Waals surface area (Å²) < 4.78 is 6.17. The Morgan fingerprint density at radius 3 is 2.32 bits per heavy atom. The largest absolute Gasteiger partial charge is 0.512 e. The average Bonchev–Trinajstić information content (AvgIpc) is 2.35. The fraction of sp³-hybridized carbons (Fsp3) is 0.467. The molecule has 1 fully saturated rings. The molecule has 0 unspecified atom stereocenters. The molecule has 2 aliphatic heterocycles. The third kappa shape index (κ3) is 1.49. The van der Waals surface area contributed by atoms with Crippen molar-refractivity contribution in [2.75, 3.05) is 13.1 Å². The standard InChI is InChI=1S/C15H17NO3/c17-9-1-3-11-12-4-2-10(18)6-14(12)19-15(7-16-8-15)13(11)5-9/h5-6,16-18H,1-4,7-8H2. The zero-order valence-corrected chi connectivity index (χ0v) is 10.7. The zero-order chi connectivity index (χ0) is 13.0. The van der Waals surface area contributed by atoms with Crippen LogP contribution < -0.4 is 5.32 Å². The lowest BCUT2D eigenvalue weighted by molar-refractivity contribution is -0.00918. The fourth-order valence-corrected chi connectivity index (χ4v) is 3.39. The highest BCUT2D eigenvalue weighted by Gasteiger charge is 2.48. The number of aliphatic hydroxyl groups excluding tert-OH is 2. The highest BCUT2D eigenvalue weighted by molar-refractivity contribution is 5.55. The van der Waals surface area contributed by atoms with Gasteiger partial charge >= 0.3 is 0 Å². The van der Waals surface area contributed by atoms with Gasteiger partial charge in [-0.1, -0.05) is 0 Å². The number of hydrogen-bond donors (Lipinski definition) is 3. The highest BCUT2D eigenvalue weighted by Crippen LogP contribution is 2.47. The van der Waals surface area contributed by atoms with Crippen LogP contribution in [0.5, 0.6) is 0 Å². The molecule has 0 atom stereocenters. The molecule has 2 aliphatic carbocycles. The van der Waals surface area contributed by atoms with Crippen LogP contribution in [-0.2, 0) is 4.74 Å². The van der Waals surface area contributed by atoms with E-state index < -0.39 is 0 Å². The maximum absolute atomic E-state index is 9.82. The summed E-state index contributed by atoms with van der Waals surface area (Å²) >= 11 is 0. The van der Waals surface area contributed by atoms with Gasteiger partial charge in [-0.25, -0.2) is 0 Å². The molecule has 19 heavy (non-hydrogen) atoms. The SMILES string of the molecule is OC1=CC2=C(CC1)C1=C(C=C(O)CC1)C1(CNC1)O2. The molecule has 1 saturated heterocycles. The monoisotopic (exact) mass is 259 g/mol. The van der Waals surface area contributed by atoms with Crippen LogP contribution >= 0.6 is 0 Å². The Morgan fingerprint density at radius 2 is 1.63 bits per heavy atom. The van der Waals surface area contributed by atoms with E-state index >= 15 is 0 Å². The Kier molecular flexibility index (Phi) is 2.16. The van der Waals surface area contributed by atoms with Gasteiger partial charge in [0.1, 0.15) is 5.76 Å². The van der Waals surface area contributed by atoms with Gasteiger partial charge in [-0.05, 0) is 30.1 Å². The highest BCUT2D eigenvalue weighted by atomic mass is 16.5. The molecule has 3 N–H and O–H groups in total. The second kappa shape index (κ2) is 3.67. The predicted molar refractivity (Wildman–Crippen MR) is 70.6 cm³/mol. The van der Waals surface area contributed by atoms with Crippen molar-refractivity contribution >= 4 is 0 Å². The van der Waals surface area contributed by atoms with Crippen LogP contribution in [0.15, 0.2) is 46.1 Å². The van der Waals surface area contributed by atoms with Crippen molar-refractivity contribution in [3.63, 3.8) is 0 Å². The van der Waals surface area contributed by atoms with Gasteiger partial charge in [-0.3, -0.25) is 0 Å². The lowest BCUT2D eigenvalue weighted by atomic mass is 9.74. The third-order valence-corrected chi connectivity index (χ3v) is 4.48. The molecule has 0 amide bonds. The Labute approximate surface area is 111 Å². The van der Waals surface area contributed by atoms with Crippen molar-refractivity contribution in [3.8, 4) is 0 Å². The molecule has 0 bridgehead atoms. The molecule has 0 saturated carbocycles. The molecular weight excluding hydrogens is 242 g/mol. The summed E-state index contributed by atoms with van der Waals surface area (Å²) in [5, 5.41) is 22.8. The van der Waals surface area contributed by atoms with E-state index in [4.69, 9.17) is 4.74 Å². The molecule has 2 heterocycles. The van der Waals surface area contributed by atoms with Crippen molar-refractivity contribution in [2.45, 2.75) is 31.3 Å². The van der Waals surface area contributed by atoms with Gasteiger partial charge in [0.2, 0.25) is 0 Å². The molecule has 1 spiro atoms. The first-order valence-electron chi connectivity index (χ1n) is 6.84. The summed E-state index contributed by atoms with van der Waals surface area (Å²) in [4.78, 5) is 0. The Morgan fingerprint density at radius 1 is 0.947 bits per heavy atom. The average molecular weight is 259 g/mol. The quantitative estimate of drug-likeness (QED) is 0.625. The molecule has 100 valence electrons. The smallest absolute Gasteiger partial charge is 0.159 e. The maximum atomic E-state index is 9.82. The van der Waals surface area contributed by atoms with Gasteiger partial charge < -0.3 is 20.3 Å². The number of aliphatic hydroxyl groups is 2. The van der Waals surface area contributed by atoms with Gasteiger partial charge in [0.05, 0.1) is 11.5 Å². The normalized spacial score (nSPS) is 28.0. The van der Waals surface area contributed by atoms with E-state index in [0.29, 0.717) is 24.4 Å². The number of allylic oxidation sites excluding steroid dienone is 5. The van der Waals surface area contributed by atoms with Gasteiger partial charge in [-0.2, -0.15) is 0 Å². The van der Waals surface area contributed by atoms with E-state index in [1.54, 1.807) is 6.08 Å². The van der Waals surface area contributed by atoms with Gasteiger partial charge in [-0.15, -0.1) is 0 Å². The van der Waals surface area contributed by atoms with E-state index in [1.165, 1.54) is 11.1 Å². The summed E-state index contributed by atoms with van der Waals surface area (Å²) in [6.45, 7) is 1.53. The van der Waals surface area contributed by atoms with Crippen molar-refractivity contribution in [1.29, 1.82) is 0 Å². The molecule has 4 rings (SSSR count). The number of nitrogens with one attached hydrogen (secondary N) is 1. The second-order valence-corrected chi connectivity index (χ2v) is 5.71. The van der Waals surface area contributed by atoms with Crippen LogP contribution in [0.2, 0.25) is 0 Å². The van der Waals surface area contributed by atoms with E-state index in [-0.39, 0.29) is 5.60 Å². The molecule has 4 aliphatic rings. The molecule has 0 aromatic heterocycles. The van der Waals surface area contributed by atoms with Crippen molar-refractivity contribution in [1.82, 2.24) is 5.32 Å². The molecule has 4 heteroatoms. The van der Waals surface area contributed by atoms with Gasteiger partial charge in [0, 0.05) is 37.6 Å².